The van der Waals surface area contributed by atoms with Gasteiger partial charge in [-0.15, -0.1) is 0 Å². The van der Waals surface area contributed by atoms with E-state index in [2.05, 4.69) is 20.9 Å². The normalized spacial score (nSPS) is 15.9. The Hall–Kier alpha value is -2.07. The molecule has 4 rings (SSSR count). The van der Waals surface area contributed by atoms with E-state index in [1.54, 1.807) is 12.3 Å². The van der Waals surface area contributed by atoms with E-state index in [-0.39, 0.29) is 11.6 Å². The molecule has 1 heterocycles. The van der Waals surface area contributed by atoms with Crippen LogP contribution in [0.2, 0.25) is 0 Å². The van der Waals surface area contributed by atoms with Crippen LogP contribution in [0.4, 0.5) is 0 Å². The van der Waals surface area contributed by atoms with Gasteiger partial charge in [0.05, 0.1) is 5.56 Å². The maximum Gasteiger partial charge on any atom is 0.196 e. The highest BCUT2D eigenvalue weighted by Gasteiger charge is 2.37. The number of pyridine rings is 1. The van der Waals surface area contributed by atoms with E-state index in [4.69, 9.17) is 0 Å². The molecule has 0 atom stereocenters. The van der Waals surface area contributed by atoms with Crippen LogP contribution in [-0.2, 0) is 6.42 Å². The number of aromatic nitrogens is 1. The summed E-state index contributed by atoms with van der Waals surface area (Å²) in [7, 11) is 0. The van der Waals surface area contributed by atoms with Crippen molar-refractivity contribution in [1.29, 1.82) is 0 Å². The Morgan fingerprint density at radius 3 is 2.71 bits per heavy atom. The predicted octanol–water partition coefficient (Wildman–Crippen LogP) is 3.54. The number of hydrogen-bond acceptors (Lipinski definition) is 3. The summed E-state index contributed by atoms with van der Waals surface area (Å²) in [6, 6.07) is 5.62. The number of Topliss-reactive ketones (excluding diaryl/α,β-unsaturated/α-hetero) is 2. The molecule has 21 heavy (non-hydrogen) atoms. The Morgan fingerprint density at radius 1 is 1.10 bits per heavy atom. The van der Waals surface area contributed by atoms with Gasteiger partial charge >= 0.3 is 0 Å². The predicted molar refractivity (Wildman–Crippen MR) is 82.4 cm³/mol. The molecule has 3 nitrogen and oxygen atoms in total. The molecule has 2 aliphatic carbocycles. The van der Waals surface area contributed by atoms with Crippen LogP contribution in [0, 0.1) is 6.92 Å². The summed E-state index contributed by atoms with van der Waals surface area (Å²) in [6.07, 6.45) is 3.57. The second-order valence-electron chi connectivity index (χ2n) is 5.37. The smallest absolute Gasteiger partial charge is 0.196 e. The van der Waals surface area contributed by atoms with Gasteiger partial charge in [0.1, 0.15) is 0 Å². The largest absolute Gasteiger partial charge is 0.289 e. The van der Waals surface area contributed by atoms with Crippen LogP contribution < -0.4 is 0 Å². The molecule has 2 aliphatic rings. The van der Waals surface area contributed by atoms with Gasteiger partial charge in [-0.2, -0.15) is 0 Å². The van der Waals surface area contributed by atoms with Crippen LogP contribution in [0.3, 0.4) is 0 Å². The van der Waals surface area contributed by atoms with Gasteiger partial charge in [0.15, 0.2) is 11.6 Å². The highest BCUT2D eigenvalue weighted by atomic mass is 79.9. The fourth-order valence-corrected chi connectivity index (χ4v) is 3.43. The number of carbonyl (C=O) groups is 2. The van der Waals surface area contributed by atoms with E-state index >= 15 is 0 Å². The van der Waals surface area contributed by atoms with E-state index < -0.39 is 0 Å². The second-order valence-corrected chi connectivity index (χ2v) is 6.22. The highest BCUT2D eigenvalue weighted by molar-refractivity contribution is 9.10. The van der Waals surface area contributed by atoms with Gasteiger partial charge in [-0.25, -0.2) is 0 Å². The third-order valence-corrected chi connectivity index (χ3v) is 4.99. The van der Waals surface area contributed by atoms with Crippen molar-refractivity contribution in [1.82, 2.24) is 4.98 Å². The molecule has 1 aromatic carbocycles. The average Bonchev–Trinajstić information content (AvgIpc) is 2.84. The van der Waals surface area contributed by atoms with Crippen LogP contribution in [0.1, 0.15) is 37.4 Å². The quantitative estimate of drug-likeness (QED) is 0.737. The topological polar surface area (TPSA) is 47.0 Å². The van der Waals surface area contributed by atoms with Crippen LogP contribution in [0.25, 0.3) is 5.57 Å². The molecule has 0 saturated heterocycles. The number of ketones is 2. The van der Waals surface area contributed by atoms with E-state index in [1.807, 2.05) is 19.1 Å². The van der Waals surface area contributed by atoms with Crippen LogP contribution in [-0.4, -0.2) is 16.6 Å². The van der Waals surface area contributed by atoms with Crippen LogP contribution in [0.5, 0.6) is 0 Å². The zero-order chi connectivity index (χ0) is 14.7. The van der Waals surface area contributed by atoms with Crippen molar-refractivity contribution >= 4 is 33.1 Å². The van der Waals surface area contributed by atoms with Gasteiger partial charge in [0.25, 0.3) is 0 Å². The standard InChI is InChI=1S/C17H10BrNO2/c1-8-4-9-5-12-15(11(9)6-14(8)18)17(21)13-7-19-3-2-10(13)16(12)20/h2-4,6-7H,5H2,1H3. The Balaban J connectivity index is 1.98. The summed E-state index contributed by atoms with van der Waals surface area (Å²) in [5.74, 6) is -0.144. The molecule has 102 valence electrons. The first-order valence-electron chi connectivity index (χ1n) is 6.64. The number of hydrogen-bond donors (Lipinski definition) is 0. The summed E-state index contributed by atoms with van der Waals surface area (Å²) >= 11 is 3.50. The molecule has 0 unspecified atom stereocenters. The first-order chi connectivity index (χ1) is 10.1. The molecule has 0 aliphatic heterocycles. The van der Waals surface area contributed by atoms with Gasteiger partial charge in [-0.05, 0) is 35.7 Å². The van der Waals surface area contributed by atoms with Crippen molar-refractivity contribution in [2.75, 3.05) is 0 Å². The molecule has 1 aromatic heterocycles. The minimum atomic E-state index is -0.0952. The zero-order valence-electron chi connectivity index (χ0n) is 11.2. The summed E-state index contributed by atoms with van der Waals surface area (Å²) in [6.45, 7) is 2.00. The van der Waals surface area contributed by atoms with Gasteiger partial charge in [-0.3, -0.25) is 14.6 Å². The fourth-order valence-electron chi connectivity index (χ4n) is 3.09. The molecule has 0 saturated carbocycles. The maximum atomic E-state index is 12.7. The van der Waals surface area contributed by atoms with Crippen molar-refractivity contribution in [3.63, 3.8) is 0 Å². The van der Waals surface area contributed by atoms with Gasteiger partial charge in [0, 0.05) is 40.0 Å². The lowest BCUT2D eigenvalue weighted by molar-refractivity contribution is 0.0991. The number of benzene rings is 1. The molecular formula is C17H10BrNO2. The fraction of sp³-hybridized carbons (Fsp3) is 0.118. The number of rotatable bonds is 0. The Labute approximate surface area is 129 Å². The lowest BCUT2D eigenvalue weighted by Crippen LogP contribution is -2.19. The van der Waals surface area contributed by atoms with Gasteiger partial charge < -0.3 is 0 Å². The Bertz CT molecular complexity index is 880. The van der Waals surface area contributed by atoms with E-state index in [0.29, 0.717) is 28.7 Å². The lowest BCUT2D eigenvalue weighted by Gasteiger charge is -2.16. The first-order valence-corrected chi connectivity index (χ1v) is 7.43. The van der Waals surface area contributed by atoms with Crippen LogP contribution >= 0.6 is 15.9 Å². The molecule has 0 radical (unpaired) electrons. The number of carbonyl (C=O) groups excluding carboxylic acids is 2. The lowest BCUT2D eigenvalue weighted by atomic mass is 9.85. The molecule has 2 aromatic rings. The molecule has 4 heteroatoms. The zero-order valence-corrected chi connectivity index (χ0v) is 12.8. The van der Waals surface area contributed by atoms with Gasteiger partial charge in [0.2, 0.25) is 0 Å². The SMILES string of the molecule is Cc1cc2c(cc1Br)C1=C(C2)C(=O)c2ccncc2C1=O. The third-order valence-electron chi connectivity index (χ3n) is 4.13. The van der Waals surface area contributed by atoms with Gasteiger partial charge in [-0.1, -0.05) is 22.0 Å². The van der Waals surface area contributed by atoms with E-state index in [0.717, 1.165) is 21.2 Å². The summed E-state index contributed by atoms with van der Waals surface area (Å²) in [5.41, 5.74) is 5.07. The molecule has 0 bridgehead atoms. The third kappa shape index (κ3) is 1.62. The van der Waals surface area contributed by atoms with Crippen molar-refractivity contribution in [2.24, 2.45) is 0 Å². The van der Waals surface area contributed by atoms with E-state index in [1.165, 1.54) is 6.20 Å². The number of halogens is 1. The Kier molecular flexibility index (Phi) is 2.54. The summed E-state index contributed by atoms with van der Waals surface area (Å²) in [5, 5.41) is 0. The first kappa shape index (κ1) is 12.7. The molecule has 0 N–H and O–H groups in total. The van der Waals surface area contributed by atoms with Crippen molar-refractivity contribution in [3.8, 4) is 0 Å². The molecule has 0 spiro atoms. The summed E-state index contributed by atoms with van der Waals surface area (Å²) in [4.78, 5) is 29.3. The summed E-state index contributed by atoms with van der Waals surface area (Å²) < 4.78 is 0.951. The maximum absolute atomic E-state index is 12.7. The minimum Gasteiger partial charge on any atom is -0.289 e. The van der Waals surface area contributed by atoms with Crippen molar-refractivity contribution < 1.29 is 9.59 Å². The van der Waals surface area contributed by atoms with E-state index in [9.17, 15) is 9.59 Å². The number of allylic oxidation sites excluding steroid dienone is 2. The highest BCUT2D eigenvalue weighted by Crippen LogP contribution is 2.42. The minimum absolute atomic E-state index is 0.0491. The monoisotopic (exact) mass is 339 g/mol. The van der Waals surface area contributed by atoms with Crippen LogP contribution in [0.15, 0.2) is 40.6 Å². The number of nitrogens with zero attached hydrogens (tertiary/aromatic N) is 1. The van der Waals surface area contributed by atoms with Crippen molar-refractivity contribution in [2.45, 2.75) is 13.3 Å². The molecule has 0 fully saturated rings. The number of aryl methyl sites for hydroxylation is 1. The molecular weight excluding hydrogens is 330 g/mol. The Morgan fingerprint density at radius 2 is 1.90 bits per heavy atom. The molecule has 0 amide bonds. The second kappa shape index (κ2) is 4.21. The number of fused-ring (bicyclic) bond motifs is 3. The average molecular weight is 340 g/mol. The van der Waals surface area contributed by atoms with Crippen molar-refractivity contribution in [3.05, 3.63) is 68.5 Å².